The quantitative estimate of drug-likeness (QED) is 0.882. The van der Waals surface area contributed by atoms with E-state index in [4.69, 9.17) is 0 Å². The molecule has 0 bridgehead atoms. The van der Waals surface area contributed by atoms with Crippen molar-refractivity contribution in [1.29, 1.82) is 0 Å². The van der Waals surface area contributed by atoms with Crippen molar-refractivity contribution in [2.45, 2.75) is 31.4 Å². The Labute approximate surface area is 111 Å². The van der Waals surface area contributed by atoms with E-state index in [1.54, 1.807) is 0 Å². The Morgan fingerprint density at radius 2 is 2.11 bits per heavy atom. The van der Waals surface area contributed by atoms with E-state index in [9.17, 15) is 5.11 Å². The Kier molecular flexibility index (Phi) is 3.35. The molecule has 2 aromatic rings. The summed E-state index contributed by atoms with van der Waals surface area (Å²) in [6.45, 7) is 0. The number of aryl methyl sites for hydroxylation is 1. The van der Waals surface area contributed by atoms with E-state index >= 15 is 0 Å². The number of thiophene rings is 1. The van der Waals surface area contributed by atoms with Crippen molar-refractivity contribution in [3.05, 3.63) is 52.2 Å². The number of rotatable bonds is 3. The van der Waals surface area contributed by atoms with Gasteiger partial charge in [0.1, 0.15) is 0 Å². The minimum absolute atomic E-state index is 0.371. The molecule has 1 aliphatic rings. The fourth-order valence-corrected chi connectivity index (χ4v) is 3.38. The smallest absolute Gasteiger partial charge is 0.0809 e. The van der Waals surface area contributed by atoms with Gasteiger partial charge in [-0.15, -0.1) is 11.3 Å². The molecule has 1 aromatic carbocycles. The van der Waals surface area contributed by atoms with Gasteiger partial charge in [0.25, 0.3) is 0 Å². The van der Waals surface area contributed by atoms with Gasteiger partial charge in [0.15, 0.2) is 0 Å². The number of hydrogen-bond acceptors (Lipinski definition) is 3. The zero-order valence-corrected chi connectivity index (χ0v) is 11.0. The number of hydrogen-bond donors (Lipinski definition) is 2. The van der Waals surface area contributed by atoms with Gasteiger partial charge in [0, 0.05) is 16.6 Å². The summed E-state index contributed by atoms with van der Waals surface area (Å²) in [7, 11) is 0. The van der Waals surface area contributed by atoms with Crippen LogP contribution in [0.2, 0.25) is 0 Å². The first-order valence-electron chi connectivity index (χ1n) is 6.39. The van der Waals surface area contributed by atoms with Crippen LogP contribution in [0.25, 0.3) is 0 Å². The van der Waals surface area contributed by atoms with Gasteiger partial charge in [-0.2, -0.15) is 0 Å². The van der Waals surface area contributed by atoms with Crippen LogP contribution in [0.15, 0.2) is 41.8 Å². The highest BCUT2D eigenvalue weighted by Crippen LogP contribution is 2.32. The molecule has 0 aliphatic carbocycles. The minimum Gasteiger partial charge on any atom is -0.388 e. The molecular weight excluding hydrogens is 242 g/mol. The van der Waals surface area contributed by atoms with Gasteiger partial charge < -0.3 is 10.4 Å². The fraction of sp³-hybridized carbons (Fsp3) is 0.333. The molecule has 0 radical (unpaired) electrons. The highest BCUT2D eigenvalue weighted by atomic mass is 32.1. The summed E-state index contributed by atoms with van der Waals surface area (Å²) < 4.78 is 0. The zero-order valence-electron chi connectivity index (χ0n) is 10.2. The largest absolute Gasteiger partial charge is 0.388 e. The molecule has 3 heteroatoms. The zero-order chi connectivity index (χ0) is 12.4. The molecule has 3 rings (SSSR count). The number of aliphatic hydroxyl groups is 1. The first-order chi connectivity index (χ1) is 8.83. The van der Waals surface area contributed by atoms with Crippen LogP contribution >= 0.6 is 11.3 Å². The first kappa shape index (κ1) is 11.8. The number of nitrogens with one attached hydrogen (secondary N) is 1. The molecule has 0 spiro atoms. The van der Waals surface area contributed by atoms with E-state index < -0.39 is 0 Å². The van der Waals surface area contributed by atoms with Gasteiger partial charge in [-0.25, -0.2) is 0 Å². The Balaban J connectivity index is 1.65. The van der Waals surface area contributed by atoms with E-state index in [1.807, 2.05) is 41.7 Å². The van der Waals surface area contributed by atoms with Crippen LogP contribution < -0.4 is 5.32 Å². The van der Waals surface area contributed by atoms with E-state index in [2.05, 4.69) is 16.8 Å². The van der Waals surface area contributed by atoms with Crippen molar-refractivity contribution in [2.75, 3.05) is 5.32 Å². The normalized spacial score (nSPS) is 19.9. The lowest BCUT2D eigenvalue weighted by Gasteiger charge is -2.26. The number of aliphatic hydroxyl groups excluding tert-OH is 1. The Morgan fingerprint density at radius 1 is 1.28 bits per heavy atom. The summed E-state index contributed by atoms with van der Waals surface area (Å²) >= 11 is 1.82. The number of anilines is 1. The van der Waals surface area contributed by atoms with E-state index in [0.717, 1.165) is 24.8 Å². The standard InChI is InChI=1S/C15H17NOS/c17-14(11-4-2-1-3-5-11)10-12-6-7-15-13(16-12)8-9-18-15/h1-5,8-9,12,14,16-17H,6-7,10H2. The van der Waals surface area contributed by atoms with Gasteiger partial charge in [-0.05, 0) is 36.3 Å². The molecule has 0 amide bonds. The molecule has 2 heterocycles. The minimum atomic E-state index is -0.371. The summed E-state index contributed by atoms with van der Waals surface area (Å²) in [4.78, 5) is 1.44. The second-order valence-corrected chi connectivity index (χ2v) is 5.80. The van der Waals surface area contributed by atoms with Crippen LogP contribution in [0, 0.1) is 0 Å². The van der Waals surface area contributed by atoms with E-state index in [0.29, 0.717) is 6.04 Å². The molecule has 0 saturated carbocycles. The maximum atomic E-state index is 10.2. The van der Waals surface area contributed by atoms with E-state index in [1.165, 1.54) is 10.6 Å². The van der Waals surface area contributed by atoms with Crippen LogP contribution in [-0.2, 0) is 6.42 Å². The van der Waals surface area contributed by atoms with Crippen molar-refractivity contribution >= 4 is 17.0 Å². The molecule has 94 valence electrons. The molecule has 1 aromatic heterocycles. The second-order valence-electron chi connectivity index (χ2n) is 4.80. The van der Waals surface area contributed by atoms with Crippen LogP contribution in [-0.4, -0.2) is 11.1 Å². The lowest BCUT2D eigenvalue weighted by molar-refractivity contribution is 0.159. The molecule has 1 aliphatic heterocycles. The molecule has 2 atom stereocenters. The van der Waals surface area contributed by atoms with Crippen LogP contribution in [0.1, 0.15) is 29.4 Å². The molecule has 2 nitrogen and oxygen atoms in total. The number of fused-ring (bicyclic) bond motifs is 1. The summed E-state index contributed by atoms with van der Waals surface area (Å²) in [6.07, 6.45) is 2.65. The summed E-state index contributed by atoms with van der Waals surface area (Å²) in [5.74, 6) is 0. The van der Waals surface area contributed by atoms with Crippen molar-refractivity contribution in [2.24, 2.45) is 0 Å². The Morgan fingerprint density at radius 3 is 2.94 bits per heavy atom. The molecule has 0 fully saturated rings. The summed E-state index contributed by atoms with van der Waals surface area (Å²) in [5, 5.41) is 15.9. The monoisotopic (exact) mass is 259 g/mol. The highest BCUT2D eigenvalue weighted by molar-refractivity contribution is 7.10. The summed E-state index contributed by atoms with van der Waals surface area (Å²) in [6, 6.07) is 12.4. The Hall–Kier alpha value is -1.32. The van der Waals surface area contributed by atoms with Gasteiger partial charge in [-0.1, -0.05) is 30.3 Å². The second kappa shape index (κ2) is 5.12. The lowest BCUT2D eigenvalue weighted by Crippen LogP contribution is -2.26. The summed E-state index contributed by atoms with van der Waals surface area (Å²) in [5.41, 5.74) is 2.27. The maximum Gasteiger partial charge on any atom is 0.0809 e. The van der Waals surface area contributed by atoms with Gasteiger partial charge >= 0.3 is 0 Å². The molecule has 2 unspecified atom stereocenters. The average molecular weight is 259 g/mol. The maximum absolute atomic E-state index is 10.2. The SMILES string of the molecule is OC(CC1CCc2sccc2N1)c1ccccc1. The number of benzene rings is 1. The molecule has 18 heavy (non-hydrogen) atoms. The van der Waals surface area contributed by atoms with Crippen molar-refractivity contribution in [3.63, 3.8) is 0 Å². The topological polar surface area (TPSA) is 32.3 Å². The average Bonchev–Trinajstić information content (AvgIpc) is 2.87. The molecular formula is C15H17NOS. The van der Waals surface area contributed by atoms with Crippen molar-refractivity contribution < 1.29 is 5.11 Å². The molecule has 2 N–H and O–H groups in total. The third-order valence-corrected chi connectivity index (χ3v) is 4.50. The Bertz CT molecular complexity index is 508. The van der Waals surface area contributed by atoms with Crippen molar-refractivity contribution in [3.8, 4) is 0 Å². The lowest BCUT2D eigenvalue weighted by atomic mass is 9.96. The van der Waals surface area contributed by atoms with Crippen LogP contribution in [0.3, 0.4) is 0 Å². The van der Waals surface area contributed by atoms with Crippen LogP contribution in [0.4, 0.5) is 5.69 Å². The van der Waals surface area contributed by atoms with Gasteiger partial charge in [0.2, 0.25) is 0 Å². The van der Waals surface area contributed by atoms with Gasteiger partial charge in [0.05, 0.1) is 6.10 Å². The third-order valence-electron chi connectivity index (χ3n) is 3.52. The fourth-order valence-electron chi connectivity index (χ4n) is 2.52. The highest BCUT2D eigenvalue weighted by Gasteiger charge is 2.21. The predicted molar refractivity (Wildman–Crippen MR) is 76.1 cm³/mol. The van der Waals surface area contributed by atoms with Crippen molar-refractivity contribution in [1.82, 2.24) is 0 Å². The van der Waals surface area contributed by atoms with Crippen LogP contribution in [0.5, 0.6) is 0 Å². The van der Waals surface area contributed by atoms with E-state index in [-0.39, 0.29) is 6.10 Å². The third kappa shape index (κ3) is 2.42. The van der Waals surface area contributed by atoms with Gasteiger partial charge in [-0.3, -0.25) is 0 Å². The first-order valence-corrected chi connectivity index (χ1v) is 7.27. The predicted octanol–water partition coefficient (Wildman–Crippen LogP) is 3.60. The molecule has 0 saturated heterocycles.